The van der Waals surface area contributed by atoms with Crippen LogP contribution in [0.3, 0.4) is 0 Å². The normalized spacial score (nSPS) is 19.6. The van der Waals surface area contributed by atoms with Gasteiger partial charge in [-0.1, -0.05) is 118 Å². The number of hydrogen-bond donors (Lipinski definition) is 0. The molecule has 0 spiro atoms. The predicted molar refractivity (Wildman–Crippen MR) is 118 cm³/mol. The lowest BCUT2D eigenvalue weighted by atomic mass is 9.75. The number of hydrogen-bond acceptors (Lipinski definition) is 0. The summed E-state index contributed by atoms with van der Waals surface area (Å²) in [6.45, 7) is 12.9. The lowest BCUT2D eigenvalue weighted by Gasteiger charge is -2.28. The van der Waals surface area contributed by atoms with Crippen molar-refractivity contribution in [1.29, 1.82) is 0 Å². The topological polar surface area (TPSA) is 0 Å². The molecule has 4 rings (SSSR count). The summed E-state index contributed by atoms with van der Waals surface area (Å²) in [6, 6.07) is 30.0. The molecule has 0 amide bonds. The van der Waals surface area contributed by atoms with E-state index in [1.165, 1.54) is 28.7 Å². The molecular weight excluding hydrogens is 324 g/mol. The molecular formula is C27H30. The van der Waals surface area contributed by atoms with Crippen molar-refractivity contribution in [1.82, 2.24) is 0 Å². The molecule has 0 aliphatic heterocycles. The Bertz CT molecular complexity index is 903. The number of rotatable bonds is 2. The summed E-state index contributed by atoms with van der Waals surface area (Å²) in [5.41, 5.74) is 7.20. The average Bonchev–Trinajstić information content (AvgIpc) is 2.91. The Morgan fingerprint density at radius 1 is 0.704 bits per heavy atom. The Morgan fingerprint density at radius 3 is 1.70 bits per heavy atom. The summed E-state index contributed by atoms with van der Waals surface area (Å²) < 4.78 is 0. The zero-order valence-corrected chi connectivity index (χ0v) is 17.0. The van der Waals surface area contributed by atoms with Gasteiger partial charge in [-0.25, -0.2) is 0 Å². The Kier molecular flexibility index (Phi) is 5.37. The minimum atomic E-state index is 0.154. The van der Waals surface area contributed by atoms with Crippen LogP contribution in [0.1, 0.15) is 56.4 Å². The van der Waals surface area contributed by atoms with Crippen molar-refractivity contribution < 1.29 is 0 Å². The smallest absolute Gasteiger partial charge is 0.0185 e. The Hall–Kier alpha value is -2.60. The minimum Gasteiger partial charge on any atom is -0.0955 e. The van der Waals surface area contributed by atoms with Crippen LogP contribution in [0.5, 0.6) is 0 Å². The van der Waals surface area contributed by atoms with Crippen molar-refractivity contribution >= 4 is 5.57 Å². The zero-order valence-electron chi connectivity index (χ0n) is 17.0. The third kappa shape index (κ3) is 3.90. The quantitative estimate of drug-likeness (QED) is 0.450. The fourth-order valence-electron chi connectivity index (χ4n) is 4.42. The third-order valence-corrected chi connectivity index (χ3v) is 5.72. The van der Waals surface area contributed by atoms with E-state index in [0.717, 1.165) is 5.57 Å². The van der Waals surface area contributed by atoms with Crippen molar-refractivity contribution in [3.8, 4) is 0 Å². The summed E-state index contributed by atoms with van der Waals surface area (Å²) in [6.07, 6.45) is 1.18. The second kappa shape index (κ2) is 7.56. The van der Waals surface area contributed by atoms with Crippen LogP contribution in [0.25, 0.3) is 5.57 Å². The maximum absolute atomic E-state index is 3.83. The third-order valence-electron chi connectivity index (χ3n) is 5.72. The van der Waals surface area contributed by atoms with Crippen molar-refractivity contribution in [2.75, 3.05) is 0 Å². The van der Waals surface area contributed by atoms with Gasteiger partial charge >= 0.3 is 0 Å². The average molecular weight is 355 g/mol. The summed E-state index contributed by atoms with van der Waals surface area (Å²) in [4.78, 5) is 0. The van der Waals surface area contributed by atoms with Crippen molar-refractivity contribution in [2.45, 2.75) is 44.9 Å². The minimum absolute atomic E-state index is 0.154. The molecule has 27 heavy (non-hydrogen) atoms. The lowest BCUT2D eigenvalue weighted by Crippen LogP contribution is -2.23. The molecule has 0 heteroatoms. The standard InChI is InChI=1S/C18H20.C9H10/c1-17(2)13-18(3,14-9-5-4-6-10-14)16-12-8-7-11-15(16)17;1-8(2)9-6-4-3-5-7-9/h4-12H,13H2,1-3H3;3-7H,1H2,2H3. The van der Waals surface area contributed by atoms with Gasteiger partial charge in [-0.2, -0.15) is 0 Å². The van der Waals surface area contributed by atoms with Crippen LogP contribution < -0.4 is 0 Å². The van der Waals surface area contributed by atoms with E-state index >= 15 is 0 Å². The first-order valence-electron chi connectivity index (χ1n) is 9.71. The highest BCUT2D eigenvalue weighted by Gasteiger charge is 2.45. The van der Waals surface area contributed by atoms with Crippen LogP contribution >= 0.6 is 0 Å². The first-order chi connectivity index (χ1) is 12.8. The number of allylic oxidation sites excluding steroid dienone is 1. The van der Waals surface area contributed by atoms with Crippen LogP contribution in [0, 0.1) is 0 Å². The van der Waals surface area contributed by atoms with Crippen molar-refractivity contribution in [3.05, 3.63) is 114 Å². The maximum Gasteiger partial charge on any atom is 0.0185 e. The molecule has 0 radical (unpaired) electrons. The molecule has 1 aliphatic rings. The highest BCUT2D eigenvalue weighted by atomic mass is 14.5. The summed E-state index contributed by atoms with van der Waals surface area (Å²) >= 11 is 0. The van der Waals surface area contributed by atoms with Gasteiger partial charge in [0.2, 0.25) is 0 Å². The largest absolute Gasteiger partial charge is 0.0955 e. The fraction of sp³-hybridized carbons (Fsp3) is 0.259. The molecule has 3 aromatic rings. The van der Waals surface area contributed by atoms with E-state index in [-0.39, 0.29) is 10.8 Å². The Balaban J connectivity index is 0.000000197. The zero-order chi connectivity index (χ0) is 19.5. The van der Waals surface area contributed by atoms with Crippen LogP contribution in [0.15, 0.2) is 91.5 Å². The molecule has 1 unspecified atom stereocenters. The van der Waals surface area contributed by atoms with Crippen molar-refractivity contribution in [3.63, 3.8) is 0 Å². The van der Waals surface area contributed by atoms with Gasteiger partial charge in [-0.05, 0) is 41.0 Å². The molecule has 3 aromatic carbocycles. The highest BCUT2D eigenvalue weighted by molar-refractivity contribution is 5.60. The molecule has 0 N–H and O–H groups in total. The van der Waals surface area contributed by atoms with Gasteiger partial charge in [-0.3, -0.25) is 0 Å². The number of fused-ring (bicyclic) bond motifs is 1. The molecule has 0 heterocycles. The van der Waals surface area contributed by atoms with E-state index in [0.29, 0.717) is 0 Å². The molecule has 0 saturated heterocycles. The monoisotopic (exact) mass is 354 g/mol. The second-order valence-electron chi connectivity index (χ2n) is 8.45. The molecule has 0 bridgehead atoms. The van der Waals surface area contributed by atoms with E-state index in [1.807, 2.05) is 25.1 Å². The van der Waals surface area contributed by atoms with E-state index < -0.39 is 0 Å². The van der Waals surface area contributed by atoms with Crippen LogP contribution in [0.2, 0.25) is 0 Å². The van der Waals surface area contributed by atoms with Crippen LogP contribution in [0.4, 0.5) is 0 Å². The van der Waals surface area contributed by atoms with E-state index in [9.17, 15) is 0 Å². The molecule has 0 aromatic heterocycles. The predicted octanol–water partition coefficient (Wildman–Crippen LogP) is 7.39. The number of benzene rings is 3. The Labute approximate surface area is 164 Å². The van der Waals surface area contributed by atoms with Gasteiger partial charge in [0.15, 0.2) is 0 Å². The van der Waals surface area contributed by atoms with E-state index in [4.69, 9.17) is 0 Å². The first kappa shape index (κ1) is 19.2. The van der Waals surface area contributed by atoms with Gasteiger partial charge in [0, 0.05) is 5.41 Å². The van der Waals surface area contributed by atoms with Gasteiger partial charge in [0.25, 0.3) is 0 Å². The highest BCUT2D eigenvalue weighted by Crippen LogP contribution is 2.52. The Morgan fingerprint density at radius 2 is 1.19 bits per heavy atom. The SMILES string of the molecule is C=C(C)c1ccccc1.CC1(C)CC(C)(c2ccccc2)c2ccccc21. The summed E-state index contributed by atoms with van der Waals surface area (Å²) in [7, 11) is 0. The molecule has 138 valence electrons. The maximum atomic E-state index is 3.83. The van der Waals surface area contributed by atoms with Gasteiger partial charge in [0.05, 0.1) is 0 Å². The lowest BCUT2D eigenvalue weighted by molar-refractivity contribution is 0.425. The van der Waals surface area contributed by atoms with Crippen LogP contribution in [-0.2, 0) is 10.8 Å². The van der Waals surface area contributed by atoms with E-state index in [2.05, 4.69) is 94.1 Å². The van der Waals surface area contributed by atoms with E-state index in [1.54, 1.807) is 0 Å². The molecule has 1 atom stereocenters. The molecule has 0 saturated carbocycles. The molecule has 0 fully saturated rings. The summed E-state index contributed by atoms with van der Waals surface area (Å²) in [5, 5.41) is 0. The van der Waals surface area contributed by atoms with Gasteiger partial charge in [0.1, 0.15) is 0 Å². The second-order valence-corrected chi connectivity index (χ2v) is 8.45. The fourth-order valence-corrected chi connectivity index (χ4v) is 4.42. The summed E-state index contributed by atoms with van der Waals surface area (Å²) in [5.74, 6) is 0. The first-order valence-corrected chi connectivity index (χ1v) is 9.71. The van der Waals surface area contributed by atoms with Crippen LogP contribution in [-0.4, -0.2) is 0 Å². The molecule has 1 aliphatic carbocycles. The van der Waals surface area contributed by atoms with Gasteiger partial charge < -0.3 is 0 Å². The molecule has 0 nitrogen and oxygen atoms in total. The van der Waals surface area contributed by atoms with Crippen molar-refractivity contribution in [2.24, 2.45) is 0 Å². The van der Waals surface area contributed by atoms with Gasteiger partial charge in [-0.15, -0.1) is 0 Å².